The van der Waals surface area contributed by atoms with Gasteiger partial charge in [-0.15, -0.1) is 0 Å². The molecule has 0 radical (unpaired) electrons. The highest BCUT2D eigenvalue weighted by Crippen LogP contribution is 2.23. The molecule has 0 aliphatic rings. The molecule has 1 amide bonds. The minimum Gasteiger partial charge on any atom is -0.437 e. The van der Waals surface area contributed by atoms with Crippen LogP contribution in [0.1, 0.15) is 43.3 Å². The van der Waals surface area contributed by atoms with Crippen LogP contribution in [0.25, 0.3) is 0 Å². The van der Waals surface area contributed by atoms with Crippen LogP contribution in [0, 0.1) is 19.8 Å². The van der Waals surface area contributed by atoms with Crippen LogP contribution in [0.2, 0.25) is 0 Å². The molecule has 1 unspecified atom stereocenters. The van der Waals surface area contributed by atoms with E-state index < -0.39 is 0 Å². The van der Waals surface area contributed by atoms with Crippen LogP contribution in [0.5, 0.6) is 0 Å². The largest absolute Gasteiger partial charge is 0.437 e. The van der Waals surface area contributed by atoms with Gasteiger partial charge in [-0.05, 0) is 31.7 Å². The molecule has 0 fully saturated rings. The third-order valence-corrected chi connectivity index (χ3v) is 4.41. The molecule has 0 bridgehead atoms. The molecule has 1 atom stereocenters. The minimum atomic E-state index is -0.00184. The van der Waals surface area contributed by atoms with Crippen molar-refractivity contribution >= 4 is 17.7 Å². The number of benzene rings is 1. The zero-order chi connectivity index (χ0) is 16.8. The molecule has 0 aliphatic heterocycles. The number of hydrogen-bond donors (Lipinski definition) is 1. The molecular formula is C18H24N2O2S. The van der Waals surface area contributed by atoms with E-state index in [0.717, 1.165) is 23.4 Å². The Hall–Kier alpha value is -1.75. The van der Waals surface area contributed by atoms with Crippen molar-refractivity contribution in [3.05, 3.63) is 47.3 Å². The van der Waals surface area contributed by atoms with Gasteiger partial charge < -0.3 is 9.73 Å². The summed E-state index contributed by atoms with van der Waals surface area (Å²) in [6.07, 6.45) is 0.914. The standard InChI is InChI=1S/C18H24N2O2S/c1-12(2)10-16(15-8-6-5-7-9-15)20-17(21)11-23-18-19-13(3)14(4)22-18/h5-9,12,16H,10-11H2,1-4H3,(H,20,21). The topological polar surface area (TPSA) is 55.1 Å². The number of carbonyl (C=O) groups is 1. The van der Waals surface area contributed by atoms with Crippen molar-refractivity contribution in [3.63, 3.8) is 0 Å². The first-order valence-electron chi connectivity index (χ1n) is 7.87. The van der Waals surface area contributed by atoms with Crippen molar-refractivity contribution in [1.29, 1.82) is 0 Å². The fraction of sp³-hybridized carbons (Fsp3) is 0.444. The predicted molar refractivity (Wildman–Crippen MR) is 93.5 cm³/mol. The van der Waals surface area contributed by atoms with Crippen molar-refractivity contribution in [1.82, 2.24) is 10.3 Å². The quantitative estimate of drug-likeness (QED) is 0.769. The molecular weight excluding hydrogens is 308 g/mol. The number of hydrogen-bond acceptors (Lipinski definition) is 4. The SMILES string of the molecule is Cc1nc(SCC(=O)NC(CC(C)C)c2ccccc2)oc1C. The molecule has 1 N–H and O–H groups in total. The number of nitrogens with one attached hydrogen (secondary N) is 1. The van der Waals surface area contributed by atoms with E-state index in [4.69, 9.17) is 4.42 Å². The highest BCUT2D eigenvalue weighted by Gasteiger charge is 2.17. The van der Waals surface area contributed by atoms with Crippen LogP contribution in [-0.2, 0) is 4.79 Å². The molecule has 2 aromatic rings. The third kappa shape index (κ3) is 5.43. The summed E-state index contributed by atoms with van der Waals surface area (Å²) in [5, 5.41) is 3.68. The van der Waals surface area contributed by atoms with Gasteiger partial charge in [-0.2, -0.15) is 0 Å². The average molecular weight is 332 g/mol. The van der Waals surface area contributed by atoms with E-state index >= 15 is 0 Å². The van der Waals surface area contributed by atoms with Crippen molar-refractivity contribution in [3.8, 4) is 0 Å². The van der Waals surface area contributed by atoms with Gasteiger partial charge in [-0.3, -0.25) is 4.79 Å². The van der Waals surface area contributed by atoms with Gasteiger partial charge >= 0.3 is 0 Å². The van der Waals surface area contributed by atoms with Gasteiger partial charge in [0.25, 0.3) is 5.22 Å². The number of carbonyl (C=O) groups excluding carboxylic acids is 1. The fourth-order valence-electron chi connectivity index (χ4n) is 2.30. The summed E-state index contributed by atoms with van der Waals surface area (Å²) in [5.41, 5.74) is 2.01. The Labute approximate surface area is 142 Å². The number of thioether (sulfide) groups is 1. The maximum atomic E-state index is 12.3. The first-order chi connectivity index (χ1) is 11.0. The number of aromatic nitrogens is 1. The van der Waals surface area contributed by atoms with E-state index in [1.807, 2.05) is 32.0 Å². The summed E-state index contributed by atoms with van der Waals surface area (Å²) in [6.45, 7) is 8.10. The second-order valence-electron chi connectivity index (χ2n) is 6.07. The summed E-state index contributed by atoms with van der Waals surface area (Å²) in [5.74, 6) is 1.61. The van der Waals surface area contributed by atoms with E-state index in [9.17, 15) is 4.79 Å². The Morgan fingerprint density at radius 1 is 1.26 bits per heavy atom. The van der Waals surface area contributed by atoms with Crippen molar-refractivity contribution < 1.29 is 9.21 Å². The number of nitrogens with zero attached hydrogens (tertiary/aromatic N) is 1. The summed E-state index contributed by atoms with van der Waals surface area (Å²) < 4.78 is 5.49. The van der Waals surface area contributed by atoms with E-state index in [0.29, 0.717) is 16.9 Å². The molecule has 5 heteroatoms. The molecule has 23 heavy (non-hydrogen) atoms. The van der Waals surface area contributed by atoms with Gasteiger partial charge in [-0.1, -0.05) is 55.9 Å². The summed E-state index contributed by atoms with van der Waals surface area (Å²) in [6, 6.07) is 10.1. The lowest BCUT2D eigenvalue weighted by Gasteiger charge is -2.21. The molecule has 4 nitrogen and oxygen atoms in total. The summed E-state index contributed by atoms with van der Waals surface area (Å²) >= 11 is 1.33. The van der Waals surface area contributed by atoms with Crippen LogP contribution in [0.3, 0.4) is 0 Å². The highest BCUT2D eigenvalue weighted by atomic mass is 32.2. The zero-order valence-corrected chi connectivity index (χ0v) is 14.9. The molecule has 0 saturated heterocycles. The Bertz CT molecular complexity index is 618. The van der Waals surface area contributed by atoms with Crippen molar-refractivity contribution in [2.24, 2.45) is 5.92 Å². The second-order valence-corrected chi connectivity index (χ2v) is 7.00. The van der Waals surface area contributed by atoms with Gasteiger partial charge in [0.15, 0.2) is 0 Å². The van der Waals surface area contributed by atoms with E-state index in [-0.39, 0.29) is 11.9 Å². The highest BCUT2D eigenvalue weighted by molar-refractivity contribution is 7.99. The van der Waals surface area contributed by atoms with Gasteiger partial charge in [0.05, 0.1) is 17.5 Å². The van der Waals surface area contributed by atoms with Crippen LogP contribution >= 0.6 is 11.8 Å². The van der Waals surface area contributed by atoms with E-state index in [2.05, 4.69) is 36.3 Å². The van der Waals surface area contributed by atoms with Crippen molar-refractivity contribution in [2.75, 3.05) is 5.75 Å². The Morgan fingerprint density at radius 3 is 2.52 bits per heavy atom. The normalized spacial score (nSPS) is 12.4. The lowest BCUT2D eigenvalue weighted by Crippen LogP contribution is -2.30. The molecule has 0 spiro atoms. The minimum absolute atomic E-state index is 0.00184. The molecule has 0 aliphatic carbocycles. The van der Waals surface area contributed by atoms with Crippen molar-refractivity contribution in [2.45, 2.75) is 45.4 Å². The fourth-order valence-corrected chi connectivity index (χ4v) is 3.03. The Balaban J connectivity index is 1.94. The van der Waals surface area contributed by atoms with Crippen LogP contribution in [0.15, 0.2) is 40.0 Å². The van der Waals surface area contributed by atoms with Crippen LogP contribution in [0.4, 0.5) is 0 Å². The Morgan fingerprint density at radius 2 is 1.96 bits per heavy atom. The third-order valence-electron chi connectivity index (χ3n) is 3.58. The second kappa shape index (κ2) is 8.20. The first kappa shape index (κ1) is 17.6. The number of oxazole rings is 1. The maximum absolute atomic E-state index is 12.3. The maximum Gasteiger partial charge on any atom is 0.256 e. The van der Waals surface area contributed by atoms with Gasteiger partial charge in [-0.25, -0.2) is 4.98 Å². The summed E-state index contributed by atoms with van der Waals surface area (Å²) in [7, 11) is 0. The van der Waals surface area contributed by atoms with Crippen LogP contribution in [-0.4, -0.2) is 16.6 Å². The van der Waals surface area contributed by atoms with Gasteiger partial charge in [0, 0.05) is 0 Å². The summed E-state index contributed by atoms with van der Waals surface area (Å²) in [4.78, 5) is 16.6. The molecule has 124 valence electrons. The molecule has 0 saturated carbocycles. The average Bonchev–Trinajstić information content (AvgIpc) is 2.84. The zero-order valence-electron chi connectivity index (χ0n) is 14.1. The molecule has 1 heterocycles. The number of rotatable bonds is 7. The van der Waals surface area contributed by atoms with Gasteiger partial charge in [0.2, 0.25) is 5.91 Å². The predicted octanol–water partition coefficient (Wildman–Crippen LogP) is 4.29. The van der Waals surface area contributed by atoms with E-state index in [1.165, 1.54) is 11.8 Å². The molecule has 2 rings (SSSR count). The smallest absolute Gasteiger partial charge is 0.256 e. The number of aryl methyl sites for hydroxylation is 2. The monoisotopic (exact) mass is 332 g/mol. The van der Waals surface area contributed by atoms with E-state index in [1.54, 1.807) is 0 Å². The van der Waals surface area contributed by atoms with Crippen LogP contribution < -0.4 is 5.32 Å². The van der Waals surface area contributed by atoms with Gasteiger partial charge in [0.1, 0.15) is 5.76 Å². The number of amides is 1. The lowest BCUT2D eigenvalue weighted by atomic mass is 9.97. The lowest BCUT2D eigenvalue weighted by molar-refractivity contribution is -0.119. The Kier molecular flexibility index (Phi) is 6.28. The first-order valence-corrected chi connectivity index (χ1v) is 8.85. The molecule has 1 aromatic heterocycles. The molecule has 1 aromatic carbocycles.